The molecule has 0 fully saturated rings. The minimum absolute atomic E-state index is 0. The molecule has 0 saturated carbocycles. The molecule has 0 unspecified atom stereocenters. The van der Waals surface area contributed by atoms with Gasteiger partial charge in [-0.05, 0) is 6.08 Å². The Kier molecular flexibility index (Phi) is 7.97. The fourth-order valence-electron chi connectivity index (χ4n) is 0.202. The predicted octanol–water partition coefficient (Wildman–Crippen LogP) is -3.38. The van der Waals surface area contributed by atoms with Gasteiger partial charge in [0.1, 0.15) is 0 Å². The van der Waals surface area contributed by atoms with Crippen LogP contribution in [0.15, 0.2) is 17.2 Å². The molecule has 0 aromatic heterocycles. The van der Waals surface area contributed by atoms with Crippen LogP contribution in [0.5, 0.6) is 0 Å². The van der Waals surface area contributed by atoms with E-state index >= 15 is 0 Å². The largest absolute Gasteiger partial charge is 1.00 e. The first-order chi connectivity index (χ1) is 4.06. The molecule has 3 N–H and O–H groups in total. The van der Waals surface area contributed by atoms with Gasteiger partial charge in [-0.2, -0.15) is 8.42 Å². The summed E-state index contributed by atoms with van der Waals surface area (Å²) in [5.41, 5.74) is 7.11. The van der Waals surface area contributed by atoms with E-state index in [0.717, 1.165) is 0 Å². The summed E-state index contributed by atoms with van der Waals surface area (Å²) in [4.78, 5) is 0. The fraction of sp³-hybridized carbons (Fsp3) is 0.250. The molecule has 0 aliphatic rings. The third kappa shape index (κ3) is 11.2. The molecule has 0 aliphatic carbocycles. The smallest absolute Gasteiger partial charge is 1.00 e. The molecule has 6 heteroatoms. The maximum atomic E-state index is 9.88. The monoisotopic (exact) mass is 173 g/mol. The SMILES string of the molecule is NCC=C=CS(=O)(=O)O.[H-].[Na+]. The number of nitrogens with two attached hydrogens (primary N) is 1. The Hall–Kier alpha value is 0.390. The normalized spacial score (nSPS) is 9.00. The summed E-state index contributed by atoms with van der Waals surface area (Å²) in [6.45, 7) is 0.200. The topological polar surface area (TPSA) is 80.4 Å². The van der Waals surface area contributed by atoms with Crippen molar-refractivity contribution in [2.45, 2.75) is 0 Å². The molecule has 0 aromatic carbocycles. The van der Waals surface area contributed by atoms with Gasteiger partial charge in [0.25, 0.3) is 10.1 Å². The molecule has 0 aromatic rings. The second-order valence-electron chi connectivity index (χ2n) is 1.24. The summed E-state index contributed by atoms with van der Waals surface area (Å²) in [5, 5.41) is 0.542. The zero-order valence-electron chi connectivity index (χ0n) is 6.61. The van der Waals surface area contributed by atoms with Gasteiger partial charge in [-0.15, -0.1) is 5.73 Å². The van der Waals surface area contributed by atoms with Crippen molar-refractivity contribution in [1.29, 1.82) is 0 Å². The van der Waals surface area contributed by atoms with Crippen molar-refractivity contribution in [3.05, 3.63) is 17.2 Å². The van der Waals surface area contributed by atoms with Crippen molar-refractivity contribution >= 4 is 10.1 Å². The van der Waals surface area contributed by atoms with Gasteiger partial charge in [0, 0.05) is 6.54 Å². The Morgan fingerprint density at radius 1 is 1.70 bits per heavy atom. The van der Waals surface area contributed by atoms with Gasteiger partial charge in [-0.1, -0.05) is 0 Å². The Morgan fingerprint density at radius 2 is 2.20 bits per heavy atom. The molecule has 10 heavy (non-hydrogen) atoms. The van der Waals surface area contributed by atoms with Crippen LogP contribution >= 0.6 is 0 Å². The van der Waals surface area contributed by atoms with Crippen molar-refractivity contribution in [2.75, 3.05) is 6.54 Å². The van der Waals surface area contributed by atoms with E-state index in [1.807, 2.05) is 0 Å². The van der Waals surface area contributed by atoms with E-state index in [-0.39, 0.29) is 37.5 Å². The molecular formula is C4H8NNaO3S. The van der Waals surface area contributed by atoms with E-state index in [1.54, 1.807) is 0 Å². The molecule has 0 amide bonds. The first-order valence-electron chi connectivity index (χ1n) is 2.15. The van der Waals surface area contributed by atoms with Crippen molar-refractivity contribution in [3.8, 4) is 0 Å². The minimum atomic E-state index is -4.02. The second kappa shape index (κ2) is 6.12. The maximum Gasteiger partial charge on any atom is 1.00 e. The molecule has 0 saturated heterocycles. The Balaban J connectivity index is -0.000000320. The third-order valence-corrected chi connectivity index (χ3v) is 0.887. The van der Waals surface area contributed by atoms with Gasteiger partial charge in [0.05, 0.1) is 5.41 Å². The van der Waals surface area contributed by atoms with Crippen molar-refractivity contribution in [1.82, 2.24) is 0 Å². The summed E-state index contributed by atoms with van der Waals surface area (Å²) >= 11 is 0. The van der Waals surface area contributed by atoms with E-state index in [2.05, 4.69) is 5.73 Å². The molecule has 54 valence electrons. The van der Waals surface area contributed by atoms with Crippen LogP contribution in [0, 0.1) is 0 Å². The van der Waals surface area contributed by atoms with Gasteiger partial charge in [0.15, 0.2) is 0 Å². The summed E-state index contributed by atoms with van der Waals surface area (Å²) < 4.78 is 27.8. The van der Waals surface area contributed by atoms with E-state index in [1.165, 1.54) is 6.08 Å². The third-order valence-electron chi connectivity index (χ3n) is 0.453. The Bertz CT molecular complexity index is 232. The summed E-state index contributed by atoms with van der Waals surface area (Å²) in [6.07, 6.45) is 1.29. The average Bonchev–Trinajstić information content (AvgIpc) is 1.63. The van der Waals surface area contributed by atoms with Crippen LogP contribution in [-0.4, -0.2) is 19.5 Å². The van der Waals surface area contributed by atoms with E-state index in [4.69, 9.17) is 10.3 Å². The molecule has 0 radical (unpaired) electrons. The van der Waals surface area contributed by atoms with Crippen LogP contribution in [0.4, 0.5) is 0 Å². The molecule has 0 rings (SSSR count). The van der Waals surface area contributed by atoms with Crippen LogP contribution < -0.4 is 35.3 Å². The molecular weight excluding hydrogens is 165 g/mol. The molecule has 0 heterocycles. The first-order valence-corrected chi connectivity index (χ1v) is 3.65. The second-order valence-corrected chi connectivity index (χ2v) is 2.50. The molecule has 0 spiro atoms. The number of hydrogen-bond donors (Lipinski definition) is 2. The molecule has 0 bridgehead atoms. The van der Waals surface area contributed by atoms with Crippen LogP contribution in [0.2, 0.25) is 0 Å². The van der Waals surface area contributed by atoms with Crippen LogP contribution in [0.25, 0.3) is 0 Å². The zero-order valence-corrected chi connectivity index (χ0v) is 8.43. The predicted molar refractivity (Wildman–Crippen MR) is 34.4 cm³/mol. The van der Waals surface area contributed by atoms with Gasteiger partial charge < -0.3 is 7.16 Å². The Labute approximate surface area is 83.3 Å². The molecule has 0 aliphatic heterocycles. The van der Waals surface area contributed by atoms with Gasteiger partial charge >= 0.3 is 29.6 Å². The van der Waals surface area contributed by atoms with Crippen LogP contribution in [0.3, 0.4) is 0 Å². The maximum absolute atomic E-state index is 9.88. The van der Waals surface area contributed by atoms with E-state index in [9.17, 15) is 8.42 Å². The van der Waals surface area contributed by atoms with Gasteiger partial charge in [-0.25, -0.2) is 0 Å². The fourth-order valence-corrected chi connectivity index (χ4v) is 0.470. The van der Waals surface area contributed by atoms with Crippen molar-refractivity contribution < 1.29 is 44.0 Å². The van der Waals surface area contributed by atoms with E-state index < -0.39 is 10.1 Å². The minimum Gasteiger partial charge on any atom is -1.00 e. The number of hydrogen-bond acceptors (Lipinski definition) is 3. The van der Waals surface area contributed by atoms with Crippen LogP contribution in [-0.2, 0) is 10.1 Å². The molecule has 4 nitrogen and oxygen atoms in total. The molecule has 0 atom stereocenters. The average molecular weight is 173 g/mol. The zero-order chi connectivity index (χ0) is 7.33. The van der Waals surface area contributed by atoms with Gasteiger partial charge in [-0.3, -0.25) is 4.55 Å². The van der Waals surface area contributed by atoms with Crippen LogP contribution in [0.1, 0.15) is 1.43 Å². The van der Waals surface area contributed by atoms with Crippen molar-refractivity contribution in [3.63, 3.8) is 0 Å². The van der Waals surface area contributed by atoms with Gasteiger partial charge in [0.2, 0.25) is 0 Å². The quantitative estimate of drug-likeness (QED) is 0.259. The number of rotatable bonds is 2. The first kappa shape index (κ1) is 13.0. The van der Waals surface area contributed by atoms with Crippen molar-refractivity contribution in [2.24, 2.45) is 5.73 Å². The van der Waals surface area contributed by atoms with E-state index in [0.29, 0.717) is 5.41 Å². The standard InChI is InChI=1S/C4H7NO3S.Na.H/c5-3-1-2-4-9(6,7)8;;/h1,4H,3,5H2,(H,6,7,8);;/q;+1;-1. The summed E-state index contributed by atoms with van der Waals surface area (Å²) in [5.74, 6) is 0. The Morgan fingerprint density at radius 3 is 2.50 bits per heavy atom. The summed E-state index contributed by atoms with van der Waals surface area (Å²) in [7, 11) is -4.02. The summed E-state index contributed by atoms with van der Waals surface area (Å²) in [6, 6.07) is 0.